The molecule has 0 aliphatic carbocycles. The number of anilines is 1. The predicted octanol–water partition coefficient (Wildman–Crippen LogP) is 2.22. The molecule has 0 spiro atoms. The van der Waals surface area contributed by atoms with E-state index in [1.165, 1.54) is 6.20 Å². The maximum absolute atomic E-state index is 12.4. The van der Waals surface area contributed by atoms with Gasteiger partial charge in [-0.3, -0.25) is 4.79 Å². The van der Waals surface area contributed by atoms with Crippen molar-refractivity contribution in [3.63, 3.8) is 0 Å². The summed E-state index contributed by atoms with van der Waals surface area (Å²) < 4.78 is 5.25. The number of amides is 1. The SMILES string of the molecule is CC(C)Nc1cc(Cl)ncc1C(=O)NCCC1(O)CCOCC1. The topological polar surface area (TPSA) is 83.5 Å². The van der Waals surface area contributed by atoms with E-state index in [1.807, 2.05) is 13.8 Å². The van der Waals surface area contributed by atoms with Gasteiger partial charge in [0.25, 0.3) is 5.91 Å². The smallest absolute Gasteiger partial charge is 0.254 e. The summed E-state index contributed by atoms with van der Waals surface area (Å²) >= 11 is 5.90. The van der Waals surface area contributed by atoms with Crippen LogP contribution >= 0.6 is 11.6 Å². The van der Waals surface area contributed by atoms with Gasteiger partial charge in [0.05, 0.1) is 16.9 Å². The Kier molecular flexibility index (Phi) is 6.21. The van der Waals surface area contributed by atoms with E-state index in [4.69, 9.17) is 16.3 Å². The summed E-state index contributed by atoms with van der Waals surface area (Å²) in [5, 5.41) is 16.8. The molecule has 7 heteroatoms. The lowest BCUT2D eigenvalue weighted by Crippen LogP contribution is -2.39. The quantitative estimate of drug-likeness (QED) is 0.691. The van der Waals surface area contributed by atoms with Gasteiger partial charge in [-0.15, -0.1) is 0 Å². The average molecular weight is 342 g/mol. The highest BCUT2D eigenvalue weighted by Crippen LogP contribution is 2.24. The van der Waals surface area contributed by atoms with Crippen molar-refractivity contribution < 1.29 is 14.6 Å². The maximum atomic E-state index is 12.4. The van der Waals surface area contributed by atoms with Crippen LogP contribution in [0.25, 0.3) is 0 Å². The first kappa shape index (κ1) is 18.0. The van der Waals surface area contributed by atoms with Crippen LogP contribution in [-0.4, -0.2) is 47.4 Å². The Balaban J connectivity index is 1.95. The van der Waals surface area contributed by atoms with Gasteiger partial charge in [0, 0.05) is 32.0 Å². The summed E-state index contributed by atoms with van der Waals surface area (Å²) in [6.45, 7) is 5.49. The molecular formula is C16H24ClN3O3. The Labute approximate surface area is 141 Å². The second-order valence-corrected chi connectivity index (χ2v) is 6.58. The normalized spacial score (nSPS) is 17.1. The van der Waals surface area contributed by atoms with Gasteiger partial charge in [-0.05, 0) is 39.2 Å². The molecule has 1 fully saturated rings. The molecule has 0 unspecified atom stereocenters. The zero-order valence-corrected chi connectivity index (χ0v) is 14.3. The molecule has 1 aromatic heterocycles. The Bertz CT molecular complexity index is 545. The van der Waals surface area contributed by atoms with Crippen LogP contribution in [0.1, 0.15) is 43.5 Å². The lowest BCUT2D eigenvalue weighted by Gasteiger charge is -2.32. The van der Waals surface area contributed by atoms with Crippen LogP contribution in [0.3, 0.4) is 0 Å². The summed E-state index contributed by atoms with van der Waals surface area (Å²) in [6.07, 6.45) is 3.18. The van der Waals surface area contributed by atoms with Gasteiger partial charge in [-0.1, -0.05) is 11.6 Å². The van der Waals surface area contributed by atoms with Gasteiger partial charge in [-0.25, -0.2) is 4.98 Å². The van der Waals surface area contributed by atoms with Gasteiger partial charge >= 0.3 is 0 Å². The molecule has 3 N–H and O–H groups in total. The number of nitrogens with one attached hydrogen (secondary N) is 2. The molecule has 23 heavy (non-hydrogen) atoms. The van der Waals surface area contributed by atoms with E-state index in [2.05, 4.69) is 15.6 Å². The molecule has 0 saturated carbocycles. The van der Waals surface area contributed by atoms with Crippen molar-refractivity contribution in [3.05, 3.63) is 23.0 Å². The number of halogens is 1. The summed E-state index contributed by atoms with van der Waals surface area (Å²) in [6, 6.07) is 1.81. The highest BCUT2D eigenvalue weighted by atomic mass is 35.5. The lowest BCUT2D eigenvalue weighted by molar-refractivity contribution is -0.0670. The molecule has 1 saturated heterocycles. The number of hydrogen-bond acceptors (Lipinski definition) is 5. The molecule has 0 bridgehead atoms. The summed E-state index contributed by atoms with van der Waals surface area (Å²) in [5.74, 6) is -0.229. The largest absolute Gasteiger partial charge is 0.390 e. The van der Waals surface area contributed by atoms with E-state index >= 15 is 0 Å². The second kappa shape index (κ2) is 7.95. The third kappa shape index (κ3) is 5.34. The fourth-order valence-corrected chi connectivity index (χ4v) is 2.70. The van der Waals surface area contributed by atoms with Crippen molar-refractivity contribution in [1.29, 1.82) is 0 Å². The van der Waals surface area contributed by atoms with Crippen molar-refractivity contribution in [2.45, 2.75) is 44.8 Å². The third-order valence-electron chi connectivity index (χ3n) is 3.86. The number of pyridine rings is 1. The molecule has 1 amide bonds. The third-order valence-corrected chi connectivity index (χ3v) is 4.07. The van der Waals surface area contributed by atoms with Gasteiger partial charge < -0.3 is 20.5 Å². The Hall–Kier alpha value is -1.37. The van der Waals surface area contributed by atoms with Gasteiger partial charge in [-0.2, -0.15) is 0 Å². The first-order valence-corrected chi connectivity index (χ1v) is 8.28. The van der Waals surface area contributed by atoms with Crippen LogP contribution < -0.4 is 10.6 Å². The number of aliphatic hydroxyl groups is 1. The number of ether oxygens (including phenoxy) is 1. The Morgan fingerprint density at radius 2 is 2.17 bits per heavy atom. The van der Waals surface area contributed by atoms with Crippen LogP contribution in [-0.2, 0) is 4.74 Å². The van der Waals surface area contributed by atoms with E-state index < -0.39 is 5.60 Å². The number of nitrogens with zero attached hydrogens (tertiary/aromatic N) is 1. The minimum atomic E-state index is -0.747. The lowest BCUT2D eigenvalue weighted by atomic mass is 9.91. The molecule has 1 aliphatic heterocycles. The fraction of sp³-hybridized carbons (Fsp3) is 0.625. The molecule has 6 nitrogen and oxygen atoms in total. The molecule has 0 radical (unpaired) electrons. The van der Waals surface area contributed by atoms with Crippen LogP contribution in [0.2, 0.25) is 5.15 Å². The van der Waals surface area contributed by atoms with Crippen LogP contribution in [0.4, 0.5) is 5.69 Å². The van der Waals surface area contributed by atoms with Gasteiger partial charge in [0.15, 0.2) is 0 Å². The molecular weight excluding hydrogens is 318 g/mol. The first-order chi connectivity index (χ1) is 10.9. The minimum Gasteiger partial charge on any atom is -0.390 e. The highest BCUT2D eigenvalue weighted by molar-refractivity contribution is 6.29. The second-order valence-electron chi connectivity index (χ2n) is 6.19. The summed E-state index contributed by atoms with van der Waals surface area (Å²) in [7, 11) is 0. The standard InChI is InChI=1S/C16H24ClN3O3/c1-11(2)20-13-9-14(17)19-10-12(13)15(21)18-6-3-16(22)4-7-23-8-5-16/h9-11,22H,3-8H2,1-2H3,(H,18,21)(H,19,20). The van der Waals surface area contributed by atoms with Crippen molar-refractivity contribution in [1.82, 2.24) is 10.3 Å². The fourth-order valence-electron chi connectivity index (χ4n) is 2.55. The molecule has 128 valence electrons. The summed E-state index contributed by atoms with van der Waals surface area (Å²) in [5.41, 5.74) is 0.354. The molecule has 0 atom stereocenters. The van der Waals surface area contributed by atoms with Gasteiger partial charge in [0.2, 0.25) is 0 Å². The molecule has 1 aliphatic rings. The van der Waals surface area contributed by atoms with Crippen molar-refractivity contribution in [3.8, 4) is 0 Å². The minimum absolute atomic E-state index is 0.169. The van der Waals surface area contributed by atoms with Crippen LogP contribution in [0.15, 0.2) is 12.3 Å². The van der Waals surface area contributed by atoms with Crippen molar-refractivity contribution in [2.75, 3.05) is 25.1 Å². The van der Waals surface area contributed by atoms with Gasteiger partial charge in [0.1, 0.15) is 5.15 Å². The van der Waals surface area contributed by atoms with Crippen molar-refractivity contribution >= 4 is 23.2 Å². The Morgan fingerprint density at radius 3 is 2.83 bits per heavy atom. The Morgan fingerprint density at radius 1 is 1.48 bits per heavy atom. The van der Waals surface area contributed by atoms with E-state index in [9.17, 15) is 9.90 Å². The van der Waals surface area contributed by atoms with Crippen LogP contribution in [0.5, 0.6) is 0 Å². The number of hydrogen-bond donors (Lipinski definition) is 3. The average Bonchev–Trinajstić information content (AvgIpc) is 2.47. The number of rotatable bonds is 6. The van der Waals surface area contributed by atoms with E-state index in [0.29, 0.717) is 55.4 Å². The van der Waals surface area contributed by atoms with E-state index in [0.717, 1.165) is 0 Å². The summed E-state index contributed by atoms with van der Waals surface area (Å²) in [4.78, 5) is 16.3. The number of carbonyl (C=O) groups excluding carboxylic acids is 1. The van der Waals surface area contributed by atoms with E-state index in [1.54, 1.807) is 6.07 Å². The highest BCUT2D eigenvalue weighted by Gasteiger charge is 2.29. The van der Waals surface area contributed by atoms with Crippen LogP contribution in [0, 0.1) is 0 Å². The molecule has 0 aromatic carbocycles. The zero-order valence-electron chi connectivity index (χ0n) is 13.6. The number of aromatic nitrogens is 1. The van der Waals surface area contributed by atoms with E-state index in [-0.39, 0.29) is 11.9 Å². The maximum Gasteiger partial charge on any atom is 0.254 e. The number of carbonyl (C=O) groups is 1. The molecule has 2 heterocycles. The monoisotopic (exact) mass is 341 g/mol. The van der Waals surface area contributed by atoms with Crippen molar-refractivity contribution in [2.24, 2.45) is 0 Å². The first-order valence-electron chi connectivity index (χ1n) is 7.90. The molecule has 1 aromatic rings. The predicted molar refractivity (Wildman–Crippen MR) is 90.0 cm³/mol. The molecule has 2 rings (SSSR count). The zero-order chi connectivity index (χ0) is 16.9.